The minimum Gasteiger partial charge on any atom is -0.352 e. The van der Waals surface area contributed by atoms with E-state index in [1.807, 2.05) is 19.1 Å². The van der Waals surface area contributed by atoms with Crippen LogP contribution >= 0.6 is 0 Å². The third-order valence-electron chi connectivity index (χ3n) is 5.34. The summed E-state index contributed by atoms with van der Waals surface area (Å²) in [7, 11) is -3.69. The second kappa shape index (κ2) is 13.1. The lowest BCUT2D eigenvalue weighted by molar-refractivity contribution is -0.113. The zero-order chi connectivity index (χ0) is 24.3. The molecule has 0 saturated carbocycles. The molecule has 0 radical (unpaired) electrons. The Balaban J connectivity index is 1.85. The van der Waals surface area contributed by atoms with Crippen LogP contribution in [0, 0.1) is 6.92 Å². The first-order valence-corrected chi connectivity index (χ1v) is 13.2. The maximum atomic E-state index is 12.5. The highest BCUT2D eigenvalue weighted by atomic mass is 32.2. The quantitative estimate of drug-likeness (QED) is 0.435. The number of carbonyl (C=O) groups excluding carboxylic acids is 2. The fraction of sp³-hybridized carbons (Fsp3) is 0.440. The average Bonchev–Trinajstić information content (AvgIpc) is 2.77. The number of unbranched alkanes of at least 4 members (excludes halogenated alkanes) is 1. The van der Waals surface area contributed by atoms with E-state index in [1.54, 1.807) is 36.4 Å². The number of hydrogen-bond acceptors (Lipinski definition) is 5. The highest BCUT2D eigenvalue weighted by Gasteiger charge is 2.18. The minimum absolute atomic E-state index is 0.228. The molecule has 180 valence electrons. The summed E-state index contributed by atoms with van der Waals surface area (Å²) in [5.74, 6) is -1.74. The Morgan fingerprint density at radius 3 is 2.33 bits per heavy atom. The number of rotatable bonds is 13. The van der Waals surface area contributed by atoms with Gasteiger partial charge in [0.15, 0.2) is 9.84 Å². The number of carbonyl (C=O) groups is 2. The van der Waals surface area contributed by atoms with Crippen LogP contribution < -0.4 is 10.6 Å². The van der Waals surface area contributed by atoms with Gasteiger partial charge < -0.3 is 15.5 Å². The van der Waals surface area contributed by atoms with E-state index >= 15 is 0 Å². The lowest BCUT2D eigenvalue weighted by Crippen LogP contribution is -2.27. The Hall–Kier alpha value is -2.71. The topological polar surface area (TPSA) is 95.6 Å². The number of anilines is 1. The summed E-state index contributed by atoms with van der Waals surface area (Å²) in [5, 5.41) is 5.49. The van der Waals surface area contributed by atoms with Crippen LogP contribution in [0.2, 0.25) is 0 Å². The normalized spacial score (nSPS) is 11.4. The van der Waals surface area contributed by atoms with Crippen LogP contribution in [0.5, 0.6) is 0 Å². The molecule has 0 unspecified atom stereocenters. The van der Waals surface area contributed by atoms with Crippen LogP contribution in [0.4, 0.5) is 5.69 Å². The van der Waals surface area contributed by atoms with Gasteiger partial charge in [-0.2, -0.15) is 0 Å². The summed E-state index contributed by atoms with van der Waals surface area (Å²) in [4.78, 5) is 27.0. The Kier molecular flexibility index (Phi) is 10.5. The zero-order valence-corrected chi connectivity index (χ0v) is 20.6. The maximum Gasteiger partial charge on any atom is 0.251 e. The largest absolute Gasteiger partial charge is 0.352 e. The predicted molar refractivity (Wildman–Crippen MR) is 133 cm³/mol. The molecule has 7 nitrogen and oxygen atoms in total. The van der Waals surface area contributed by atoms with Gasteiger partial charge in [0, 0.05) is 17.8 Å². The van der Waals surface area contributed by atoms with Crippen LogP contribution in [0.15, 0.2) is 48.5 Å². The van der Waals surface area contributed by atoms with E-state index in [0.717, 1.165) is 38.0 Å². The van der Waals surface area contributed by atoms with E-state index in [9.17, 15) is 18.0 Å². The van der Waals surface area contributed by atoms with Gasteiger partial charge in [0.1, 0.15) is 5.75 Å². The lowest BCUT2D eigenvalue weighted by Gasteiger charge is -2.17. The fourth-order valence-electron chi connectivity index (χ4n) is 3.45. The van der Waals surface area contributed by atoms with Gasteiger partial charge in [0.25, 0.3) is 5.91 Å². The van der Waals surface area contributed by atoms with Crippen LogP contribution in [0.25, 0.3) is 0 Å². The van der Waals surface area contributed by atoms with Crippen molar-refractivity contribution < 1.29 is 18.0 Å². The third kappa shape index (κ3) is 9.75. The summed E-state index contributed by atoms with van der Waals surface area (Å²) >= 11 is 0. The Bertz CT molecular complexity index is 1020. The molecule has 2 aromatic rings. The molecule has 0 atom stereocenters. The number of nitrogens with zero attached hydrogens (tertiary/aromatic N) is 1. The predicted octanol–water partition coefficient (Wildman–Crippen LogP) is 3.40. The smallest absolute Gasteiger partial charge is 0.251 e. The molecule has 0 saturated heterocycles. The molecule has 2 N–H and O–H groups in total. The monoisotopic (exact) mass is 473 g/mol. The zero-order valence-electron chi connectivity index (χ0n) is 19.8. The molecule has 0 bridgehead atoms. The van der Waals surface area contributed by atoms with E-state index in [4.69, 9.17) is 0 Å². The molecular formula is C25H35N3O4S. The summed E-state index contributed by atoms with van der Waals surface area (Å²) in [5.41, 5.74) is 2.49. The van der Waals surface area contributed by atoms with Crippen LogP contribution in [-0.2, 0) is 20.4 Å². The van der Waals surface area contributed by atoms with Gasteiger partial charge in [-0.1, -0.05) is 43.7 Å². The standard InChI is InChI=1S/C25H35N3O4S/c1-4-28(5-2)16-7-6-15-26-25(30)22-10-8-9-21(17-22)18-33(31,32)19-24(29)27-23-13-11-20(3)12-14-23/h8-14,17H,4-7,15-16,18-19H2,1-3H3,(H,26,30)(H,27,29). The van der Waals surface area contributed by atoms with Gasteiger partial charge in [-0.25, -0.2) is 8.42 Å². The second-order valence-corrected chi connectivity index (χ2v) is 10.2. The highest BCUT2D eigenvalue weighted by molar-refractivity contribution is 7.91. The molecule has 0 aliphatic rings. The first-order chi connectivity index (χ1) is 15.7. The van der Waals surface area contributed by atoms with Crippen molar-refractivity contribution in [2.45, 2.75) is 39.4 Å². The molecule has 33 heavy (non-hydrogen) atoms. The minimum atomic E-state index is -3.69. The Morgan fingerprint density at radius 2 is 1.67 bits per heavy atom. The summed E-state index contributed by atoms with van der Waals surface area (Å²) in [6.45, 7) is 9.82. The summed E-state index contributed by atoms with van der Waals surface area (Å²) < 4.78 is 25.0. The molecule has 0 aromatic heterocycles. The van der Waals surface area contributed by atoms with Gasteiger partial charge in [-0.05, 0) is 69.2 Å². The number of sulfone groups is 1. The molecule has 2 rings (SSSR count). The van der Waals surface area contributed by atoms with Crippen LogP contribution in [0.1, 0.15) is 48.2 Å². The van der Waals surface area contributed by atoms with Crippen molar-refractivity contribution in [3.05, 3.63) is 65.2 Å². The number of amides is 2. The van der Waals surface area contributed by atoms with E-state index in [1.165, 1.54) is 0 Å². The molecule has 0 fully saturated rings. The molecule has 0 spiro atoms. The van der Waals surface area contributed by atoms with Gasteiger partial charge in [0.2, 0.25) is 5.91 Å². The Morgan fingerprint density at radius 1 is 0.970 bits per heavy atom. The van der Waals surface area contributed by atoms with Crippen LogP contribution in [-0.4, -0.2) is 57.1 Å². The van der Waals surface area contributed by atoms with Crippen molar-refractivity contribution in [3.8, 4) is 0 Å². The first kappa shape index (κ1) is 26.5. The first-order valence-electron chi connectivity index (χ1n) is 11.4. The number of hydrogen-bond donors (Lipinski definition) is 2. The van der Waals surface area contributed by atoms with Gasteiger partial charge in [-0.15, -0.1) is 0 Å². The Labute approximate surface area is 197 Å². The van der Waals surface area contributed by atoms with Crippen molar-refractivity contribution in [3.63, 3.8) is 0 Å². The SMILES string of the molecule is CCN(CC)CCCCNC(=O)c1cccc(CS(=O)(=O)CC(=O)Nc2ccc(C)cc2)c1. The molecule has 2 amide bonds. The molecule has 8 heteroatoms. The maximum absolute atomic E-state index is 12.5. The van der Waals surface area contributed by atoms with E-state index in [0.29, 0.717) is 23.4 Å². The van der Waals surface area contributed by atoms with Crippen molar-refractivity contribution in [2.24, 2.45) is 0 Å². The van der Waals surface area contributed by atoms with Crippen molar-refractivity contribution in [1.82, 2.24) is 10.2 Å². The van der Waals surface area contributed by atoms with Gasteiger partial charge >= 0.3 is 0 Å². The van der Waals surface area contributed by atoms with E-state index < -0.39 is 21.5 Å². The van der Waals surface area contributed by atoms with E-state index in [-0.39, 0.29) is 11.7 Å². The van der Waals surface area contributed by atoms with Gasteiger partial charge in [0.05, 0.1) is 5.75 Å². The van der Waals surface area contributed by atoms with Crippen LogP contribution in [0.3, 0.4) is 0 Å². The number of benzene rings is 2. The summed E-state index contributed by atoms with van der Waals surface area (Å²) in [6, 6.07) is 13.7. The molecule has 0 aliphatic heterocycles. The molecule has 0 aliphatic carbocycles. The highest BCUT2D eigenvalue weighted by Crippen LogP contribution is 2.12. The summed E-state index contributed by atoms with van der Waals surface area (Å²) in [6.07, 6.45) is 1.89. The molecule has 2 aromatic carbocycles. The van der Waals surface area contributed by atoms with E-state index in [2.05, 4.69) is 29.4 Å². The van der Waals surface area contributed by atoms with Crippen molar-refractivity contribution in [2.75, 3.05) is 37.2 Å². The fourth-order valence-corrected chi connectivity index (χ4v) is 4.71. The second-order valence-electron chi connectivity index (χ2n) is 8.14. The number of nitrogens with one attached hydrogen (secondary N) is 2. The number of aryl methyl sites for hydroxylation is 1. The lowest BCUT2D eigenvalue weighted by atomic mass is 10.1. The van der Waals surface area contributed by atoms with Gasteiger partial charge in [-0.3, -0.25) is 9.59 Å². The van der Waals surface area contributed by atoms with Crippen molar-refractivity contribution in [1.29, 1.82) is 0 Å². The molecular weight excluding hydrogens is 438 g/mol. The average molecular weight is 474 g/mol. The third-order valence-corrected chi connectivity index (χ3v) is 6.82. The molecule has 0 heterocycles. The van der Waals surface area contributed by atoms with Crippen molar-refractivity contribution >= 4 is 27.3 Å².